The molecule has 4 rings (SSSR count). The molecule has 3 aromatic rings. The molecule has 152 valence electrons. The van der Waals surface area contributed by atoms with E-state index in [2.05, 4.69) is 14.9 Å². The van der Waals surface area contributed by atoms with E-state index in [9.17, 15) is 14.4 Å². The molecule has 0 spiro atoms. The van der Waals surface area contributed by atoms with E-state index in [0.717, 1.165) is 29.8 Å². The molecule has 1 aliphatic heterocycles. The summed E-state index contributed by atoms with van der Waals surface area (Å²) >= 11 is 0. The van der Waals surface area contributed by atoms with Crippen molar-refractivity contribution < 1.29 is 4.79 Å². The first-order valence-electron chi connectivity index (χ1n) is 9.45. The van der Waals surface area contributed by atoms with Crippen molar-refractivity contribution in [2.24, 2.45) is 14.1 Å². The van der Waals surface area contributed by atoms with Gasteiger partial charge in [-0.3, -0.25) is 24.0 Å². The van der Waals surface area contributed by atoms with Gasteiger partial charge in [0, 0.05) is 59.2 Å². The largest absolute Gasteiger partial charge is 0.339 e. The summed E-state index contributed by atoms with van der Waals surface area (Å²) < 4.78 is 3.86. The van der Waals surface area contributed by atoms with Gasteiger partial charge in [0.15, 0.2) is 11.2 Å². The highest BCUT2D eigenvalue weighted by atomic mass is 16.2. The molecule has 10 heteroatoms. The van der Waals surface area contributed by atoms with Crippen LogP contribution in [-0.4, -0.2) is 65.6 Å². The van der Waals surface area contributed by atoms with Crippen molar-refractivity contribution >= 4 is 17.1 Å². The molecule has 0 aliphatic carbocycles. The van der Waals surface area contributed by atoms with Crippen LogP contribution in [0, 0.1) is 0 Å². The number of carbonyl (C=O) groups excluding carboxylic acids is 1. The van der Waals surface area contributed by atoms with Crippen LogP contribution >= 0.6 is 0 Å². The molecule has 0 unspecified atom stereocenters. The molecule has 10 nitrogen and oxygen atoms in total. The van der Waals surface area contributed by atoms with Crippen LogP contribution in [0.3, 0.4) is 0 Å². The van der Waals surface area contributed by atoms with Crippen LogP contribution in [0.15, 0.2) is 40.4 Å². The Labute approximate surface area is 166 Å². The van der Waals surface area contributed by atoms with E-state index in [-0.39, 0.29) is 12.5 Å². The number of pyridine rings is 1. The average Bonchev–Trinajstić information content (AvgIpc) is 3.12. The molecule has 0 radical (unpaired) electrons. The lowest BCUT2D eigenvalue weighted by molar-refractivity contribution is -0.133. The smallest absolute Gasteiger partial charge is 0.332 e. The number of imidazole rings is 1. The van der Waals surface area contributed by atoms with E-state index in [4.69, 9.17) is 0 Å². The molecule has 1 fully saturated rings. The summed E-state index contributed by atoms with van der Waals surface area (Å²) in [6.45, 7) is 3.09. The second-order valence-corrected chi connectivity index (χ2v) is 7.28. The molecule has 0 atom stereocenters. The van der Waals surface area contributed by atoms with Gasteiger partial charge in [-0.25, -0.2) is 14.3 Å². The minimum absolute atomic E-state index is 0.230. The lowest BCUT2D eigenvalue weighted by Gasteiger charge is -2.34. The third kappa shape index (κ3) is 3.58. The van der Waals surface area contributed by atoms with Crippen molar-refractivity contribution in [3.8, 4) is 0 Å². The second-order valence-electron chi connectivity index (χ2n) is 7.28. The summed E-state index contributed by atoms with van der Waals surface area (Å²) in [7, 11) is 3.24. The minimum atomic E-state index is -0.537. The first kappa shape index (κ1) is 19.1. The minimum Gasteiger partial charge on any atom is -0.339 e. The van der Waals surface area contributed by atoms with Gasteiger partial charge in [-0.1, -0.05) is 6.07 Å². The van der Waals surface area contributed by atoms with Gasteiger partial charge < -0.3 is 9.47 Å². The monoisotopic (exact) mass is 397 g/mol. The number of fused-ring (bicyclic) bond motifs is 1. The first-order chi connectivity index (χ1) is 14.0. The summed E-state index contributed by atoms with van der Waals surface area (Å²) in [6.07, 6.45) is 5.07. The Balaban J connectivity index is 1.46. The first-order valence-corrected chi connectivity index (χ1v) is 9.45. The Hall–Kier alpha value is -3.27. The van der Waals surface area contributed by atoms with Gasteiger partial charge in [-0.15, -0.1) is 0 Å². The van der Waals surface area contributed by atoms with Crippen molar-refractivity contribution in [1.29, 1.82) is 0 Å². The van der Waals surface area contributed by atoms with Gasteiger partial charge in [0.25, 0.3) is 5.56 Å². The fraction of sp³-hybridized carbons (Fsp3) is 0.421. The summed E-state index contributed by atoms with van der Waals surface area (Å²) in [5.74, 6) is -0.230. The van der Waals surface area contributed by atoms with Crippen LogP contribution in [0.2, 0.25) is 0 Å². The summed E-state index contributed by atoms with van der Waals surface area (Å²) in [5.41, 5.74) is 0.722. The maximum absolute atomic E-state index is 12.8. The lowest BCUT2D eigenvalue weighted by Crippen LogP contribution is -2.51. The van der Waals surface area contributed by atoms with Crippen molar-refractivity contribution in [1.82, 2.24) is 33.5 Å². The summed E-state index contributed by atoms with van der Waals surface area (Å²) in [6, 6.07) is 3.94. The topological polar surface area (TPSA) is 98.3 Å². The van der Waals surface area contributed by atoms with E-state index >= 15 is 0 Å². The predicted molar refractivity (Wildman–Crippen MR) is 106 cm³/mol. The number of aryl methyl sites for hydroxylation is 2. The number of rotatable bonds is 4. The molecule has 0 N–H and O–H groups in total. The molecule has 3 aromatic heterocycles. The van der Waals surface area contributed by atoms with Gasteiger partial charge in [-0.2, -0.15) is 0 Å². The fourth-order valence-corrected chi connectivity index (χ4v) is 3.68. The van der Waals surface area contributed by atoms with Crippen molar-refractivity contribution in [3.63, 3.8) is 0 Å². The van der Waals surface area contributed by atoms with Gasteiger partial charge in [0.2, 0.25) is 5.91 Å². The normalized spacial score (nSPS) is 15.2. The number of hydrogen-bond donors (Lipinski definition) is 0. The lowest BCUT2D eigenvalue weighted by atomic mass is 10.2. The highest BCUT2D eigenvalue weighted by Gasteiger charge is 2.23. The fourth-order valence-electron chi connectivity index (χ4n) is 3.68. The molecular formula is C19H23N7O3. The van der Waals surface area contributed by atoms with E-state index in [1.54, 1.807) is 29.8 Å². The zero-order valence-corrected chi connectivity index (χ0v) is 16.5. The molecule has 29 heavy (non-hydrogen) atoms. The molecule has 1 saturated heterocycles. The number of hydrogen-bond acceptors (Lipinski definition) is 6. The van der Waals surface area contributed by atoms with Gasteiger partial charge >= 0.3 is 5.69 Å². The third-order valence-electron chi connectivity index (χ3n) is 5.35. The van der Waals surface area contributed by atoms with E-state index < -0.39 is 11.2 Å². The number of amides is 1. The standard InChI is InChI=1S/C19H23N7O3/c1-22-13-21-17-16(22)18(28)26(19(29)23(17)2)12-15(27)25-8-6-24(7-9-25)11-14-4-3-5-20-10-14/h3-5,10,13H,6-9,11-12H2,1-2H3. The van der Waals surface area contributed by atoms with Crippen LogP contribution in [0.1, 0.15) is 5.56 Å². The van der Waals surface area contributed by atoms with Crippen molar-refractivity contribution in [2.45, 2.75) is 13.1 Å². The number of nitrogens with zero attached hydrogens (tertiary/aromatic N) is 7. The Kier molecular flexibility index (Phi) is 5.01. The van der Waals surface area contributed by atoms with Crippen LogP contribution in [0.5, 0.6) is 0 Å². The molecule has 1 aliphatic rings. The van der Waals surface area contributed by atoms with E-state index in [1.807, 2.05) is 18.3 Å². The van der Waals surface area contributed by atoms with Gasteiger partial charge in [0.1, 0.15) is 6.54 Å². The maximum Gasteiger partial charge on any atom is 0.332 e. The van der Waals surface area contributed by atoms with Crippen LogP contribution in [0.4, 0.5) is 0 Å². The average molecular weight is 397 g/mol. The predicted octanol–water partition coefficient (Wildman–Crippen LogP) is -0.827. The Morgan fingerprint density at radius 1 is 1.14 bits per heavy atom. The van der Waals surface area contributed by atoms with Gasteiger partial charge in [0.05, 0.1) is 6.33 Å². The van der Waals surface area contributed by atoms with Gasteiger partial charge in [-0.05, 0) is 11.6 Å². The molecule has 0 aromatic carbocycles. The van der Waals surface area contributed by atoms with E-state index in [1.165, 1.54) is 10.9 Å². The Bertz CT molecular complexity index is 1150. The van der Waals surface area contributed by atoms with Crippen molar-refractivity contribution in [3.05, 3.63) is 57.3 Å². The van der Waals surface area contributed by atoms with Crippen LogP contribution in [-0.2, 0) is 32.0 Å². The second kappa shape index (κ2) is 7.63. The maximum atomic E-state index is 12.8. The molecule has 0 saturated carbocycles. The summed E-state index contributed by atoms with van der Waals surface area (Å²) in [5, 5.41) is 0. The number of aromatic nitrogens is 5. The Morgan fingerprint density at radius 2 is 1.90 bits per heavy atom. The Morgan fingerprint density at radius 3 is 2.59 bits per heavy atom. The van der Waals surface area contributed by atoms with Crippen LogP contribution < -0.4 is 11.2 Å². The van der Waals surface area contributed by atoms with Crippen molar-refractivity contribution in [2.75, 3.05) is 26.2 Å². The zero-order valence-electron chi connectivity index (χ0n) is 16.5. The SMILES string of the molecule is Cn1cnc2c1c(=O)n(CC(=O)N1CCN(Cc3cccnc3)CC1)c(=O)n2C. The van der Waals surface area contributed by atoms with E-state index in [0.29, 0.717) is 24.3 Å². The molecule has 0 bridgehead atoms. The molecule has 1 amide bonds. The number of carbonyl (C=O) groups is 1. The number of piperazine rings is 1. The highest BCUT2D eigenvalue weighted by Crippen LogP contribution is 2.08. The molecular weight excluding hydrogens is 374 g/mol. The molecule has 4 heterocycles. The zero-order chi connectivity index (χ0) is 20.5. The highest BCUT2D eigenvalue weighted by molar-refractivity contribution is 5.77. The summed E-state index contributed by atoms with van der Waals surface area (Å²) in [4.78, 5) is 50.3. The quantitative estimate of drug-likeness (QED) is 0.570. The third-order valence-corrected chi connectivity index (χ3v) is 5.35. The van der Waals surface area contributed by atoms with Crippen LogP contribution in [0.25, 0.3) is 11.2 Å².